The van der Waals surface area contributed by atoms with Crippen molar-refractivity contribution in [3.8, 4) is 0 Å². The quantitative estimate of drug-likeness (QED) is 0.383. The normalized spacial score (nSPS) is 22.8. The van der Waals surface area contributed by atoms with Gasteiger partial charge in [-0.15, -0.1) is 13.2 Å². The van der Waals surface area contributed by atoms with Crippen molar-refractivity contribution in [2.45, 2.75) is 52.9 Å². The maximum Gasteiger partial charge on any atom is -0.0131 e. The van der Waals surface area contributed by atoms with Crippen molar-refractivity contribution in [3.05, 3.63) is 48.6 Å². The molecule has 106 valence electrons. The second-order valence-corrected chi connectivity index (χ2v) is 6.15. The molecule has 0 heteroatoms. The zero-order valence-electron chi connectivity index (χ0n) is 13.0. The molecule has 3 atom stereocenters. The molecule has 0 nitrogen and oxygen atoms in total. The van der Waals surface area contributed by atoms with E-state index in [1.165, 1.54) is 36.8 Å². The molecule has 1 aliphatic rings. The van der Waals surface area contributed by atoms with Gasteiger partial charge >= 0.3 is 0 Å². The Morgan fingerprint density at radius 2 is 2.16 bits per heavy atom. The molecule has 1 aliphatic carbocycles. The van der Waals surface area contributed by atoms with E-state index >= 15 is 0 Å². The molecule has 0 bridgehead atoms. The lowest BCUT2D eigenvalue weighted by Gasteiger charge is -2.22. The summed E-state index contributed by atoms with van der Waals surface area (Å²) in [6.45, 7) is 14.8. The van der Waals surface area contributed by atoms with Crippen molar-refractivity contribution in [3.63, 3.8) is 0 Å². The van der Waals surface area contributed by atoms with Crippen LogP contribution in [0.5, 0.6) is 0 Å². The summed E-state index contributed by atoms with van der Waals surface area (Å²) >= 11 is 0. The number of allylic oxidation sites excluding steroid dienone is 6. The van der Waals surface area contributed by atoms with Crippen LogP contribution >= 0.6 is 0 Å². The molecular formula is C19H30. The number of hydrogen-bond donors (Lipinski definition) is 0. The summed E-state index contributed by atoms with van der Waals surface area (Å²) in [5.74, 6) is 1.95. The fraction of sp³-hybridized carbons (Fsp3) is 0.579. The van der Waals surface area contributed by atoms with Crippen LogP contribution in [0, 0.1) is 17.8 Å². The van der Waals surface area contributed by atoms with Crippen LogP contribution in [0.4, 0.5) is 0 Å². The summed E-state index contributed by atoms with van der Waals surface area (Å²) in [5, 5.41) is 0. The summed E-state index contributed by atoms with van der Waals surface area (Å²) in [6.07, 6.45) is 15.0. The van der Waals surface area contributed by atoms with Crippen LogP contribution in [0.25, 0.3) is 0 Å². The molecule has 0 spiro atoms. The molecule has 0 aromatic carbocycles. The van der Waals surface area contributed by atoms with Gasteiger partial charge in [-0.25, -0.2) is 0 Å². The van der Waals surface area contributed by atoms with Crippen molar-refractivity contribution < 1.29 is 0 Å². The highest BCUT2D eigenvalue weighted by Gasteiger charge is 2.18. The summed E-state index contributed by atoms with van der Waals surface area (Å²) in [7, 11) is 0. The average Bonchev–Trinajstić information content (AvgIpc) is 2.55. The van der Waals surface area contributed by atoms with Crippen molar-refractivity contribution in [2.24, 2.45) is 17.8 Å². The van der Waals surface area contributed by atoms with Crippen molar-refractivity contribution in [1.82, 2.24) is 0 Å². The zero-order valence-corrected chi connectivity index (χ0v) is 13.0. The molecule has 3 unspecified atom stereocenters. The maximum absolute atomic E-state index is 4.04. The lowest BCUT2D eigenvalue weighted by Crippen LogP contribution is -2.11. The minimum absolute atomic E-state index is 0.586. The molecule has 0 aromatic rings. The fourth-order valence-electron chi connectivity index (χ4n) is 3.01. The maximum atomic E-state index is 4.04. The van der Waals surface area contributed by atoms with Gasteiger partial charge in [-0.1, -0.05) is 43.7 Å². The summed E-state index contributed by atoms with van der Waals surface area (Å²) in [6, 6.07) is 0. The van der Waals surface area contributed by atoms with Crippen LogP contribution in [-0.4, -0.2) is 0 Å². The van der Waals surface area contributed by atoms with Crippen molar-refractivity contribution in [2.75, 3.05) is 0 Å². The highest BCUT2D eigenvalue weighted by molar-refractivity contribution is 5.28. The molecule has 1 rings (SSSR count). The van der Waals surface area contributed by atoms with E-state index in [0.29, 0.717) is 11.8 Å². The Bertz CT molecular complexity index is 356. The summed E-state index contributed by atoms with van der Waals surface area (Å²) in [4.78, 5) is 0. The standard InChI is InChI=1S/C19H30/c1-6-8-9-10-18(7-2)17(5)19-12-11-15(3)13-16(4)14-19/h6-7,12,14-15,17-18H,1-2,8-11,13H2,3-5H3. The molecule has 0 saturated heterocycles. The first-order valence-corrected chi connectivity index (χ1v) is 7.69. The monoisotopic (exact) mass is 258 g/mol. The SMILES string of the molecule is C=CCCCC(C=C)C(C)C1=CCC(C)CC(C)=C1. The lowest BCUT2D eigenvalue weighted by atomic mass is 9.83. The van der Waals surface area contributed by atoms with Gasteiger partial charge in [-0.05, 0) is 62.4 Å². The number of unbranched alkanes of at least 4 members (excludes halogenated alkanes) is 1. The Hall–Kier alpha value is -1.04. The van der Waals surface area contributed by atoms with Gasteiger partial charge in [0.25, 0.3) is 0 Å². The largest absolute Gasteiger partial charge is 0.103 e. The van der Waals surface area contributed by atoms with Crippen molar-refractivity contribution >= 4 is 0 Å². The second-order valence-electron chi connectivity index (χ2n) is 6.15. The molecular weight excluding hydrogens is 228 g/mol. The first kappa shape index (κ1) is 16.0. The van der Waals surface area contributed by atoms with E-state index in [4.69, 9.17) is 0 Å². The fourth-order valence-corrected chi connectivity index (χ4v) is 3.01. The van der Waals surface area contributed by atoms with Gasteiger partial charge in [0.1, 0.15) is 0 Å². The van der Waals surface area contributed by atoms with Gasteiger partial charge in [0.15, 0.2) is 0 Å². The van der Waals surface area contributed by atoms with E-state index in [-0.39, 0.29) is 0 Å². The van der Waals surface area contributed by atoms with E-state index in [9.17, 15) is 0 Å². The highest BCUT2D eigenvalue weighted by atomic mass is 14.2. The number of hydrogen-bond acceptors (Lipinski definition) is 0. The smallest absolute Gasteiger partial charge is 0.0131 e. The molecule has 0 heterocycles. The third-order valence-corrected chi connectivity index (χ3v) is 4.26. The molecule has 0 fully saturated rings. The molecule has 0 amide bonds. The van der Waals surface area contributed by atoms with Gasteiger partial charge in [0.05, 0.1) is 0 Å². The summed E-state index contributed by atoms with van der Waals surface area (Å²) < 4.78 is 0. The van der Waals surface area contributed by atoms with Crippen LogP contribution in [0.3, 0.4) is 0 Å². The minimum atomic E-state index is 0.586. The molecule has 0 radical (unpaired) electrons. The Labute approximate surface area is 120 Å². The van der Waals surface area contributed by atoms with Gasteiger partial charge in [-0.3, -0.25) is 0 Å². The Morgan fingerprint density at radius 1 is 1.42 bits per heavy atom. The van der Waals surface area contributed by atoms with E-state index in [1.807, 2.05) is 6.08 Å². The van der Waals surface area contributed by atoms with Gasteiger partial charge in [0, 0.05) is 0 Å². The van der Waals surface area contributed by atoms with Gasteiger partial charge in [-0.2, -0.15) is 0 Å². The zero-order chi connectivity index (χ0) is 14.3. The second kappa shape index (κ2) is 8.19. The minimum Gasteiger partial charge on any atom is -0.103 e. The lowest BCUT2D eigenvalue weighted by molar-refractivity contribution is 0.450. The molecule has 0 N–H and O–H groups in total. The van der Waals surface area contributed by atoms with Crippen LogP contribution in [0.2, 0.25) is 0 Å². The van der Waals surface area contributed by atoms with Gasteiger partial charge < -0.3 is 0 Å². The molecule has 0 aromatic heterocycles. The van der Waals surface area contributed by atoms with Crippen LogP contribution in [0.1, 0.15) is 52.9 Å². The topological polar surface area (TPSA) is 0 Å². The Balaban J connectivity index is 2.72. The van der Waals surface area contributed by atoms with Crippen LogP contribution < -0.4 is 0 Å². The number of rotatable bonds is 7. The predicted molar refractivity (Wildman–Crippen MR) is 87.1 cm³/mol. The van der Waals surface area contributed by atoms with Gasteiger partial charge in [0.2, 0.25) is 0 Å². The van der Waals surface area contributed by atoms with Crippen LogP contribution in [-0.2, 0) is 0 Å². The first-order valence-electron chi connectivity index (χ1n) is 7.69. The highest BCUT2D eigenvalue weighted by Crippen LogP contribution is 2.31. The van der Waals surface area contributed by atoms with E-state index in [2.05, 4.69) is 52.2 Å². The molecule has 19 heavy (non-hydrogen) atoms. The van der Waals surface area contributed by atoms with E-state index < -0.39 is 0 Å². The van der Waals surface area contributed by atoms with Crippen LogP contribution in [0.15, 0.2) is 48.6 Å². The summed E-state index contributed by atoms with van der Waals surface area (Å²) in [5.41, 5.74) is 3.04. The average molecular weight is 258 g/mol. The molecule has 0 saturated carbocycles. The Morgan fingerprint density at radius 3 is 2.79 bits per heavy atom. The Kier molecular flexibility index (Phi) is 6.91. The van der Waals surface area contributed by atoms with E-state index in [1.54, 1.807) is 0 Å². The third kappa shape index (κ3) is 5.22. The predicted octanol–water partition coefficient (Wildman–Crippen LogP) is 6.08. The molecule has 0 aliphatic heterocycles. The van der Waals surface area contributed by atoms with E-state index in [0.717, 1.165) is 12.3 Å². The van der Waals surface area contributed by atoms with Crippen molar-refractivity contribution in [1.29, 1.82) is 0 Å². The first-order chi connectivity index (χ1) is 9.08. The third-order valence-electron chi connectivity index (χ3n) is 4.26.